The highest BCUT2D eigenvalue weighted by molar-refractivity contribution is 5.63. The maximum atomic E-state index is 13.8. The van der Waals surface area contributed by atoms with Crippen LogP contribution < -0.4 is 9.47 Å². The van der Waals surface area contributed by atoms with Gasteiger partial charge in [0.25, 0.3) is 5.89 Å². The molecule has 0 unspecified atom stereocenters. The fourth-order valence-electron chi connectivity index (χ4n) is 2.19. The van der Waals surface area contributed by atoms with Gasteiger partial charge >= 0.3 is 0 Å². The van der Waals surface area contributed by atoms with Gasteiger partial charge in [-0.1, -0.05) is 17.8 Å². The molecular weight excluding hydrogens is 330 g/mol. The molecular formula is C18H14F2N2O3. The maximum Gasteiger partial charge on any atom is 0.261 e. The van der Waals surface area contributed by atoms with Crippen molar-refractivity contribution in [3.63, 3.8) is 0 Å². The fraction of sp³-hybridized carbons (Fsp3) is 0.111. The summed E-state index contributed by atoms with van der Waals surface area (Å²) in [7, 11) is 1.51. The molecule has 0 aliphatic rings. The zero-order chi connectivity index (χ0) is 17.8. The minimum Gasteiger partial charge on any atom is -0.493 e. The molecule has 3 aromatic rings. The van der Waals surface area contributed by atoms with Crippen LogP contribution in [0.15, 0.2) is 53.6 Å². The summed E-state index contributed by atoms with van der Waals surface area (Å²) in [5.74, 6) is -0.231. The average molecular weight is 344 g/mol. The molecule has 3 rings (SSSR count). The van der Waals surface area contributed by atoms with Gasteiger partial charge in [0, 0.05) is 11.6 Å². The highest BCUT2D eigenvalue weighted by atomic mass is 19.1. The molecule has 0 aliphatic carbocycles. The van der Waals surface area contributed by atoms with Crippen molar-refractivity contribution in [2.45, 2.75) is 0 Å². The van der Waals surface area contributed by atoms with Crippen molar-refractivity contribution in [1.29, 1.82) is 0 Å². The van der Waals surface area contributed by atoms with E-state index in [0.717, 1.165) is 12.1 Å². The van der Waals surface area contributed by atoms with Crippen LogP contribution in [-0.4, -0.2) is 23.9 Å². The van der Waals surface area contributed by atoms with Gasteiger partial charge in [0.15, 0.2) is 11.5 Å². The van der Waals surface area contributed by atoms with Gasteiger partial charge < -0.3 is 14.0 Å². The van der Waals surface area contributed by atoms with E-state index in [4.69, 9.17) is 14.0 Å². The Morgan fingerprint density at radius 1 is 1.16 bits per heavy atom. The third-order valence-electron chi connectivity index (χ3n) is 3.37. The summed E-state index contributed by atoms with van der Waals surface area (Å²) in [5, 5.41) is 3.83. The molecule has 0 amide bonds. The molecule has 0 N–H and O–H groups in total. The van der Waals surface area contributed by atoms with Gasteiger partial charge in [0.2, 0.25) is 5.82 Å². The summed E-state index contributed by atoms with van der Waals surface area (Å²) in [6.07, 6.45) is 1.62. The van der Waals surface area contributed by atoms with Crippen LogP contribution in [0.1, 0.15) is 0 Å². The first-order valence-electron chi connectivity index (χ1n) is 7.33. The number of halogens is 2. The predicted octanol–water partition coefficient (Wildman–Crippen LogP) is 4.26. The third-order valence-corrected chi connectivity index (χ3v) is 3.37. The number of ether oxygens (including phenoxy) is 2. The molecule has 0 saturated carbocycles. The van der Waals surface area contributed by atoms with Crippen molar-refractivity contribution in [3.8, 4) is 34.3 Å². The fourth-order valence-corrected chi connectivity index (χ4v) is 2.19. The van der Waals surface area contributed by atoms with Crippen LogP contribution in [0, 0.1) is 11.6 Å². The van der Waals surface area contributed by atoms with Gasteiger partial charge in [0.1, 0.15) is 18.2 Å². The lowest BCUT2D eigenvalue weighted by Gasteiger charge is -2.09. The van der Waals surface area contributed by atoms with Gasteiger partial charge in [-0.25, -0.2) is 8.78 Å². The highest BCUT2D eigenvalue weighted by Crippen LogP contribution is 2.32. The van der Waals surface area contributed by atoms with E-state index in [9.17, 15) is 8.78 Å². The van der Waals surface area contributed by atoms with Gasteiger partial charge in [-0.2, -0.15) is 4.98 Å². The van der Waals surface area contributed by atoms with E-state index in [-0.39, 0.29) is 17.3 Å². The van der Waals surface area contributed by atoms with E-state index in [1.807, 2.05) is 0 Å². The summed E-state index contributed by atoms with van der Waals surface area (Å²) in [6.45, 7) is 3.93. The van der Waals surface area contributed by atoms with Gasteiger partial charge in [-0.3, -0.25) is 0 Å². The van der Waals surface area contributed by atoms with Gasteiger partial charge in [0.05, 0.1) is 12.7 Å². The van der Waals surface area contributed by atoms with Crippen LogP contribution >= 0.6 is 0 Å². The van der Waals surface area contributed by atoms with Crippen LogP contribution in [0.5, 0.6) is 11.5 Å². The van der Waals surface area contributed by atoms with E-state index in [2.05, 4.69) is 16.7 Å². The van der Waals surface area contributed by atoms with Gasteiger partial charge in [-0.05, 0) is 30.3 Å². The topological polar surface area (TPSA) is 57.4 Å². The smallest absolute Gasteiger partial charge is 0.261 e. The van der Waals surface area contributed by atoms with E-state index in [1.165, 1.54) is 13.2 Å². The molecule has 128 valence electrons. The summed E-state index contributed by atoms with van der Waals surface area (Å²) in [4.78, 5) is 4.16. The molecule has 7 heteroatoms. The maximum absolute atomic E-state index is 13.8. The Bertz CT molecular complexity index is 909. The Morgan fingerprint density at radius 2 is 2.00 bits per heavy atom. The Labute approximate surface area is 142 Å². The standard InChI is InChI=1S/C18H14F2N2O3/c1-3-8-24-15-7-4-11(9-16(15)23-2)17-21-18(25-22-17)13-6-5-12(19)10-14(13)20/h3-7,9-10H,1,8H2,2H3. The number of benzene rings is 2. The average Bonchev–Trinajstić information content (AvgIpc) is 3.09. The second-order valence-electron chi connectivity index (χ2n) is 5.01. The molecule has 0 fully saturated rings. The minimum absolute atomic E-state index is 0.0260. The summed E-state index contributed by atoms with van der Waals surface area (Å²) in [6, 6.07) is 8.22. The van der Waals surface area contributed by atoms with Crippen molar-refractivity contribution in [2.75, 3.05) is 13.7 Å². The summed E-state index contributed by atoms with van der Waals surface area (Å²) >= 11 is 0. The lowest BCUT2D eigenvalue weighted by atomic mass is 10.2. The largest absolute Gasteiger partial charge is 0.493 e. The van der Waals surface area contributed by atoms with Crippen LogP contribution in [0.2, 0.25) is 0 Å². The molecule has 0 spiro atoms. The number of nitrogens with zero attached hydrogens (tertiary/aromatic N) is 2. The normalized spacial score (nSPS) is 10.5. The molecule has 1 aromatic heterocycles. The number of aromatic nitrogens is 2. The quantitative estimate of drug-likeness (QED) is 0.626. The highest BCUT2D eigenvalue weighted by Gasteiger charge is 2.16. The molecule has 0 saturated heterocycles. The molecule has 2 aromatic carbocycles. The molecule has 0 atom stereocenters. The lowest BCUT2D eigenvalue weighted by Crippen LogP contribution is -1.96. The van der Waals surface area contributed by atoms with E-state index >= 15 is 0 Å². The zero-order valence-electron chi connectivity index (χ0n) is 13.3. The molecule has 0 bridgehead atoms. The minimum atomic E-state index is -0.777. The van der Waals surface area contributed by atoms with Crippen molar-refractivity contribution in [2.24, 2.45) is 0 Å². The third kappa shape index (κ3) is 3.50. The van der Waals surface area contributed by atoms with Gasteiger partial charge in [-0.15, -0.1) is 0 Å². The summed E-state index contributed by atoms with van der Waals surface area (Å²) in [5.41, 5.74) is 0.623. The van der Waals surface area contributed by atoms with E-state index < -0.39 is 11.6 Å². The first-order valence-corrected chi connectivity index (χ1v) is 7.33. The number of hydrogen-bond donors (Lipinski definition) is 0. The van der Waals surface area contributed by atoms with Crippen molar-refractivity contribution >= 4 is 0 Å². The van der Waals surface area contributed by atoms with Crippen molar-refractivity contribution < 1.29 is 22.8 Å². The Morgan fingerprint density at radius 3 is 2.72 bits per heavy atom. The van der Waals surface area contributed by atoms with Crippen LogP contribution in [-0.2, 0) is 0 Å². The zero-order valence-corrected chi connectivity index (χ0v) is 13.3. The lowest BCUT2D eigenvalue weighted by molar-refractivity contribution is 0.326. The number of methoxy groups -OCH3 is 1. The molecule has 25 heavy (non-hydrogen) atoms. The number of rotatable bonds is 6. The Balaban J connectivity index is 1.93. The second kappa shape index (κ2) is 7.12. The second-order valence-corrected chi connectivity index (χ2v) is 5.01. The van der Waals surface area contributed by atoms with Crippen LogP contribution in [0.4, 0.5) is 8.78 Å². The Kier molecular flexibility index (Phi) is 4.74. The Hall–Kier alpha value is -3.22. The molecule has 0 aliphatic heterocycles. The van der Waals surface area contributed by atoms with E-state index in [0.29, 0.717) is 23.7 Å². The first kappa shape index (κ1) is 16.6. The van der Waals surface area contributed by atoms with Crippen LogP contribution in [0.3, 0.4) is 0 Å². The van der Waals surface area contributed by atoms with E-state index in [1.54, 1.807) is 24.3 Å². The van der Waals surface area contributed by atoms with Crippen molar-refractivity contribution in [1.82, 2.24) is 10.1 Å². The number of hydrogen-bond acceptors (Lipinski definition) is 5. The monoisotopic (exact) mass is 344 g/mol. The molecule has 5 nitrogen and oxygen atoms in total. The van der Waals surface area contributed by atoms with Crippen LogP contribution in [0.25, 0.3) is 22.8 Å². The summed E-state index contributed by atoms with van der Waals surface area (Å²) < 4.78 is 42.7. The SMILES string of the molecule is C=CCOc1ccc(-c2noc(-c3ccc(F)cc3F)n2)cc1OC. The molecule has 0 radical (unpaired) electrons. The first-order chi connectivity index (χ1) is 12.1. The predicted molar refractivity (Wildman–Crippen MR) is 87.3 cm³/mol. The molecule has 1 heterocycles. The van der Waals surface area contributed by atoms with Crippen molar-refractivity contribution in [3.05, 3.63) is 60.7 Å².